The van der Waals surface area contributed by atoms with Crippen molar-refractivity contribution in [2.45, 2.75) is 25.7 Å². The minimum absolute atomic E-state index is 0.222. The number of benzene rings is 2. The van der Waals surface area contributed by atoms with Crippen LogP contribution in [0.3, 0.4) is 0 Å². The molecular formula is C25H31N3O4. The van der Waals surface area contributed by atoms with E-state index >= 15 is 0 Å². The summed E-state index contributed by atoms with van der Waals surface area (Å²) in [5.41, 5.74) is 1.90. The lowest BCUT2D eigenvalue weighted by Crippen LogP contribution is -2.41. The molecule has 0 radical (unpaired) electrons. The van der Waals surface area contributed by atoms with Gasteiger partial charge in [0.15, 0.2) is 0 Å². The summed E-state index contributed by atoms with van der Waals surface area (Å²) in [6, 6.07) is 12.0. The van der Waals surface area contributed by atoms with Crippen molar-refractivity contribution in [3.8, 4) is 5.75 Å². The van der Waals surface area contributed by atoms with Crippen molar-refractivity contribution in [2.75, 3.05) is 50.1 Å². The molecule has 2 heterocycles. The van der Waals surface area contributed by atoms with Gasteiger partial charge in [0.2, 0.25) is 0 Å². The summed E-state index contributed by atoms with van der Waals surface area (Å²) >= 11 is 0. The van der Waals surface area contributed by atoms with Crippen LogP contribution < -0.4 is 15.0 Å². The molecule has 0 aromatic heterocycles. The number of carbonyl (C=O) groups excluding carboxylic acids is 1. The lowest BCUT2D eigenvalue weighted by Gasteiger charge is -2.36. The molecule has 0 aliphatic carbocycles. The quantitative estimate of drug-likeness (QED) is 0.682. The van der Waals surface area contributed by atoms with Crippen LogP contribution in [0.1, 0.15) is 46.4 Å². The summed E-state index contributed by atoms with van der Waals surface area (Å²) in [4.78, 5) is 29.3. The molecular weight excluding hydrogens is 406 g/mol. The number of methoxy groups -OCH3 is 1. The molecule has 170 valence electrons. The summed E-state index contributed by atoms with van der Waals surface area (Å²) in [5.74, 6) is -0.0517. The van der Waals surface area contributed by atoms with Gasteiger partial charge in [-0.15, -0.1) is 0 Å². The van der Waals surface area contributed by atoms with Gasteiger partial charge >= 0.3 is 5.97 Å². The maximum atomic E-state index is 12.6. The Morgan fingerprint density at radius 3 is 2.50 bits per heavy atom. The van der Waals surface area contributed by atoms with Crippen LogP contribution in [0.25, 0.3) is 0 Å². The lowest BCUT2D eigenvalue weighted by atomic mass is 9.96. The minimum atomic E-state index is -0.984. The van der Waals surface area contributed by atoms with Gasteiger partial charge < -0.3 is 25.0 Å². The number of carboxylic acid groups (broad SMARTS) is 1. The van der Waals surface area contributed by atoms with Crippen molar-refractivity contribution < 1.29 is 19.4 Å². The molecule has 1 atom stereocenters. The van der Waals surface area contributed by atoms with Gasteiger partial charge in [-0.05, 0) is 87.2 Å². The van der Waals surface area contributed by atoms with Crippen molar-refractivity contribution in [1.82, 2.24) is 4.90 Å². The Bertz CT molecular complexity index is 954. The Kier molecular flexibility index (Phi) is 6.95. The SMILES string of the molecule is COc1ccc(C(=O)Nc2ccc(N3CCC[C@H](CN4CCCC4)C3)c(C(=O)O)c2)cc1. The van der Waals surface area contributed by atoms with Gasteiger partial charge in [-0.1, -0.05) is 0 Å². The Morgan fingerprint density at radius 2 is 1.81 bits per heavy atom. The van der Waals surface area contributed by atoms with Gasteiger partial charge in [0.1, 0.15) is 5.75 Å². The third-order valence-corrected chi connectivity index (χ3v) is 6.41. The monoisotopic (exact) mass is 437 g/mol. The highest BCUT2D eigenvalue weighted by molar-refractivity contribution is 6.05. The number of likely N-dealkylation sites (tertiary alicyclic amines) is 1. The first-order valence-corrected chi connectivity index (χ1v) is 11.3. The highest BCUT2D eigenvalue weighted by Gasteiger charge is 2.26. The number of hydrogen-bond donors (Lipinski definition) is 2. The van der Waals surface area contributed by atoms with Crippen molar-refractivity contribution in [3.05, 3.63) is 53.6 Å². The number of ether oxygens (including phenoxy) is 1. The van der Waals surface area contributed by atoms with E-state index in [4.69, 9.17) is 4.74 Å². The highest BCUT2D eigenvalue weighted by Crippen LogP contribution is 2.30. The van der Waals surface area contributed by atoms with Gasteiger partial charge in [-0.25, -0.2) is 4.79 Å². The van der Waals surface area contributed by atoms with Crippen LogP contribution in [0.2, 0.25) is 0 Å². The molecule has 0 spiro atoms. The van der Waals surface area contributed by atoms with Crippen LogP contribution in [0.4, 0.5) is 11.4 Å². The molecule has 2 saturated heterocycles. The van der Waals surface area contributed by atoms with E-state index in [9.17, 15) is 14.7 Å². The largest absolute Gasteiger partial charge is 0.497 e. The standard InChI is InChI=1S/C25H31N3O4/c1-32-21-9-6-19(7-10-21)24(29)26-20-8-11-23(22(15-20)25(30)31)28-14-4-5-18(17-28)16-27-12-2-3-13-27/h6-11,15,18H,2-5,12-14,16-17H2,1H3,(H,26,29)(H,30,31)/t18-/m1/s1. The smallest absolute Gasteiger partial charge is 0.337 e. The van der Waals surface area contributed by atoms with Gasteiger partial charge in [-0.3, -0.25) is 4.79 Å². The summed E-state index contributed by atoms with van der Waals surface area (Å²) in [5, 5.41) is 12.7. The zero-order valence-electron chi connectivity index (χ0n) is 18.5. The molecule has 2 aromatic rings. The van der Waals surface area contributed by atoms with Crippen LogP contribution in [0.15, 0.2) is 42.5 Å². The van der Waals surface area contributed by atoms with E-state index in [1.54, 1.807) is 43.5 Å². The Labute approximate surface area is 189 Å². The van der Waals surface area contributed by atoms with Crippen molar-refractivity contribution in [1.29, 1.82) is 0 Å². The number of amides is 1. The molecule has 4 rings (SSSR count). The zero-order valence-corrected chi connectivity index (χ0v) is 18.5. The van der Waals surface area contributed by atoms with E-state index in [2.05, 4.69) is 15.1 Å². The van der Waals surface area contributed by atoms with Crippen LogP contribution in [-0.4, -0.2) is 61.7 Å². The number of carbonyl (C=O) groups is 2. The molecule has 2 aliphatic heterocycles. The molecule has 2 N–H and O–H groups in total. The van der Waals surface area contributed by atoms with E-state index in [1.165, 1.54) is 32.4 Å². The number of carboxylic acids is 1. The molecule has 7 heteroatoms. The second-order valence-corrected chi connectivity index (χ2v) is 8.68. The lowest BCUT2D eigenvalue weighted by molar-refractivity contribution is 0.0697. The summed E-state index contributed by atoms with van der Waals surface area (Å²) < 4.78 is 5.12. The van der Waals surface area contributed by atoms with Crippen molar-refractivity contribution >= 4 is 23.3 Å². The minimum Gasteiger partial charge on any atom is -0.497 e. The molecule has 1 amide bonds. The van der Waals surface area contributed by atoms with Gasteiger partial charge in [0.05, 0.1) is 18.4 Å². The molecule has 0 unspecified atom stereocenters. The summed E-state index contributed by atoms with van der Waals surface area (Å²) in [6.07, 6.45) is 4.81. The van der Waals surface area contributed by atoms with Crippen molar-refractivity contribution in [3.63, 3.8) is 0 Å². The third kappa shape index (κ3) is 5.22. The first-order valence-electron chi connectivity index (χ1n) is 11.3. The van der Waals surface area contributed by atoms with Crippen LogP contribution in [0.5, 0.6) is 5.75 Å². The summed E-state index contributed by atoms with van der Waals surface area (Å²) in [7, 11) is 1.57. The fourth-order valence-corrected chi connectivity index (χ4v) is 4.77. The van der Waals surface area contributed by atoms with E-state index in [0.717, 1.165) is 31.7 Å². The normalized spacial score (nSPS) is 19.0. The maximum Gasteiger partial charge on any atom is 0.337 e. The van der Waals surface area contributed by atoms with Crippen molar-refractivity contribution in [2.24, 2.45) is 5.92 Å². The fourth-order valence-electron chi connectivity index (χ4n) is 4.77. The Balaban J connectivity index is 1.47. The topological polar surface area (TPSA) is 82.1 Å². The van der Waals surface area contributed by atoms with E-state index < -0.39 is 5.97 Å². The average Bonchev–Trinajstić information content (AvgIpc) is 3.32. The predicted octanol–water partition coefficient (Wildman–Crippen LogP) is 3.96. The third-order valence-electron chi connectivity index (χ3n) is 6.41. The van der Waals surface area contributed by atoms with Gasteiger partial charge in [0, 0.05) is 30.9 Å². The molecule has 0 bridgehead atoms. The average molecular weight is 438 g/mol. The number of rotatable bonds is 7. The number of nitrogens with zero attached hydrogens (tertiary/aromatic N) is 2. The Hall–Kier alpha value is -3.06. The molecule has 7 nitrogen and oxygen atoms in total. The predicted molar refractivity (Wildman–Crippen MR) is 125 cm³/mol. The van der Waals surface area contributed by atoms with Gasteiger partial charge in [0.25, 0.3) is 5.91 Å². The molecule has 32 heavy (non-hydrogen) atoms. The van der Waals surface area contributed by atoms with Crippen LogP contribution >= 0.6 is 0 Å². The fraction of sp³-hybridized carbons (Fsp3) is 0.440. The first kappa shape index (κ1) is 22.1. The molecule has 0 saturated carbocycles. The molecule has 2 aromatic carbocycles. The first-order chi connectivity index (χ1) is 15.5. The molecule has 2 fully saturated rings. The van der Waals surface area contributed by atoms with E-state index in [0.29, 0.717) is 22.9 Å². The maximum absolute atomic E-state index is 12.6. The number of anilines is 2. The number of aromatic carboxylic acids is 1. The van der Waals surface area contributed by atoms with E-state index in [-0.39, 0.29) is 11.5 Å². The summed E-state index contributed by atoms with van der Waals surface area (Å²) in [6.45, 7) is 5.18. The zero-order chi connectivity index (χ0) is 22.5. The Morgan fingerprint density at radius 1 is 1.06 bits per heavy atom. The number of nitrogens with one attached hydrogen (secondary N) is 1. The number of piperidine rings is 1. The van der Waals surface area contributed by atoms with E-state index in [1.807, 2.05) is 6.07 Å². The number of hydrogen-bond acceptors (Lipinski definition) is 5. The highest BCUT2D eigenvalue weighted by atomic mass is 16.5. The molecule has 2 aliphatic rings. The second kappa shape index (κ2) is 10.0. The van der Waals surface area contributed by atoms with Crippen LogP contribution in [-0.2, 0) is 0 Å². The van der Waals surface area contributed by atoms with Crippen LogP contribution in [0, 0.1) is 5.92 Å². The van der Waals surface area contributed by atoms with Gasteiger partial charge in [-0.2, -0.15) is 0 Å². The second-order valence-electron chi connectivity index (χ2n) is 8.68.